The molecule has 7 aromatic carbocycles. The van der Waals surface area contributed by atoms with E-state index in [0.29, 0.717) is 0 Å². The fraction of sp³-hybridized carbons (Fsp3) is 0. The zero-order valence-corrected chi connectivity index (χ0v) is 25.5. The molecule has 0 unspecified atom stereocenters. The molecule has 220 valence electrons. The van der Waals surface area contributed by atoms with Crippen LogP contribution in [-0.4, -0.2) is 9.13 Å². The van der Waals surface area contributed by atoms with Crippen molar-refractivity contribution in [3.8, 4) is 33.6 Å². The fourth-order valence-corrected chi connectivity index (χ4v) is 7.55. The van der Waals surface area contributed by atoms with Crippen LogP contribution < -0.4 is 0 Å². The molecule has 0 bridgehead atoms. The Morgan fingerprint density at radius 1 is 0.383 bits per heavy atom. The number of rotatable bonds is 4. The Kier molecular flexibility index (Phi) is 5.57. The molecule has 0 saturated carbocycles. The molecule has 3 heterocycles. The predicted molar refractivity (Wildman–Crippen MR) is 196 cm³/mol. The van der Waals surface area contributed by atoms with E-state index in [2.05, 4.69) is 179 Å². The van der Waals surface area contributed by atoms with Crippen LogP contribution in [0.1, 0.15) is 0 Å². The van der Waals surface area contributed by atoms with E-state index in [4.69, 9.17) is 4.42 Å². The highest BCUT2D eigenvalue weighted by Gasteiger charge is 2.21. The van der Waals surface area contributed by atoms with Gasteiger partial charge in [0.2, 0.25) is 0 Å². The van der Waals surface area contributed by atoms with Crippen LogP contribution in [0.3, 0.4) is 0 Å². The van der Waals surface area contributed by atoms with Crippen molar-refractivity contribution in [2.45, 2.75) is 0 Å². The lowest BCUT2D eigenvalue weighted by Gasteiger charge is -2.13. The van der Waals surface area contributed by atoms with Gasteiger partial charge in [0.1, 0.15) is 11.1 Å². The maximum atomic E-state index is 6.60. The lowest BCUT2D eigenvalue weighted by Crippen LogP contribution is -1.93. The SMILES string of the molecule is c1ccc(-n2c3ccccc3c3c(-c4ccccc4-c4ccc5oc6c7ccccc7n(-c7ccccc7)c6c5c4)cccc32)cc1. The van der Waals surface area contributed by atoms with Crippen LogP contribution in [0.25, 0.3) is 88.4 Å². The van der Waals surface area contributed by atoms with Gasteiger partial charge in [0, 0.05) is 32.9 Å². The first-order valence-electron chi connectivity index (χ1n) is 16.0. The summed E-state index contributed by atoms with van der Waals surface area (Å²) >= 11 is 0. The Morgan fingerprint density at radius 3 is 1.72 bits per heavy atom. The Hall–Kier alpha value is -6.32. The number of aromatic nitrogens is 2. The summed E-state index contributed by atoms with van der Waals surface area (Å²) in [4.78, 5) is 0. The maximum Gasteiger partial charge on any atom is 0.161 e. The summed E-state index contributed by atoms with van der Waals surface area (Å²) < 4.78 is 11.3. The van der Waals surface area contributed by atoms with Gasteiger partial charge in [-0.15, -0.1) is 0 Å². The quantitative estimate of drug-likeness (QED) is 0.197. The molecule has 0 aliphatic heterocycles. The summed E-state index contributed by atoms with van der Waals surface area (Å²) in [6.45, 7) is 0. The van der Waals surface area contributed by atoms with Gasteiger partial charge >= 0.3 is 0 Å². The summed E-state index contributed by atoms with van der Waals surface area (Å²) in [6.07, 6.45) is 0. The van der Waals surface area contributed by atoms with Gasteiger partial charge in [0.25, 0.3) is 0 Å². The standard InChI is InChI=1S/C44H28N2O/c1-3-14-30(15-4-1)45-38-23-11-9-20-35(38)42-34(22-13-25-40(42)45)33-19-8-7-18-32(33)29-26-27-41-37(28-29)43-44(47-41)36-21-10-12-24-39(36)46(43)31-16-5-2-6-17-31/h1-28H. The topological polar surface area (TPSA) is 23.0 Å². The molecule has 10 aromatic rings. The first-order valence-corrected chi connectivity index (χ1v) is 16.0. The average molecular weight is 601 g/mol. The summed E-state index contributed by atoms with van der Waals surface area (Å²) in [5.74, 6) is 0. The molecule has 0 saturated heterocycles. The average Bonchev–Trinajstić information content (AvgIpc) is 3.79. The van der Waals surface area contributed by atoms with Crippen molar-refractivity contribution in [3.05, 3.63) is 170 Å². The number of para-hydroxylation sites is 4. The normalized spacial score (nSPS) is 11.8. The van der Waals surface area contributed by atoms with E-state index in [1.165, 1.54) is 38.5 Å². The fourth-order valence-electron chi connectivity index (χ4n) is 7.55. The van der Waals surface area contributed by atoms with Crippen molar-refractivity contribution in [2.75, 3.05) is 0 Å². The lowest BCUT2D eigenvalue weighted by atomic mass is 9.91. The second kappa shape index (κ2) is 10.1. The van der Waals surface area contributed by atoms with Gasteiger partial charge in [-0.3, -0.25) is 0 Å². The van der Waals surface area contributed by atoms with E-state index in [-0.39, 0.29) is 0 Å². The number of hydrogen-bond acceptors (Lipinski definition) is 1. The molecule has 0 atom stereocenters. The molecule has 0 amide bonds. The number of nitrogens with zero attached hydrogens (tertiary/aromatic N) is 2. The molecule has 0 radical (unpaired) electrons. The molecular formula is C44H28N2O. The Balaban J connectivity index is 1.24. The van der Waals surface area contributed by atoms with Gasteiger partial charge in [-0.05, 0) is 82.9 Å². The Bertz CT molecular complexity index is 2780. The summed E-state index contributed by atoms with van der Waals surface area (Å²) in [5, 5.41) is 4.73. The van der Waals surface area contributed by atoms with Crippen LogP contribution in [0.5, 0.6) is 0 Å². The summed E-state index contributed by atoms with van der Waals surface area (Å²) in [6, 6.07) is 60.6. The molecule has 10 rings (SSSR count). The van der Waals surface area contributed by atoms with E-state index in [9.17, 15) is 0 Å². The third kappa shape index (κ3) is 3.81. The smallest absolute Gasteiger partial charge is 0.161 e. The summed E-state index contributed by atoms with van der Waals surface area (Å²) in [5.41, 5.74) is 13.5. The van der Waals surface area contributed by atoms with Crippen molar-refractivity contribution in [1.82, 2.24) is 9.13 Å². The largest absolute Gasteiger partial charge is 0.454 e. The van der Waals surface area contributed by atoms with Gasteiger partial charge in [0.05, 0.1) is 16.6 Å². The highest BCUT2D eigenvalue weighted by atomic mass is 16.3. The number of fused-ring (bicyclic) bond motifs is 8. The maximum absolute atomic E-state index is 6.60. The Labute approximate surface area is 271 Å². The van der Waals surface area contributed by atoms with Crippen molar-refractivity contribution >= 4 is 54.8 Å². The van der Waals surface area contributed by atoms with E-state index < -0.39 is 0 Å². The minimum atomic E-state index is 0.889. The van der Waals surface area contributed by atoms with Crippen LogP contribution in [-0.2, 0) is 0 Å². The molecule has 0 spiro atoms. The molecule has 0 aliphatic rings. The molecule has 3 heteroatoms. The second-order valence-corrected chi connectivity index (χ2v) is 12.1. The van der Waals surface area contributed by atoms with Crippen LogP contribution in [0.4, 0.5) is 0 Å². The minimum absolute atomic E-state index is 0.889. The van der Waals surface area contributed by atoms with Gasteiger partial charge in [-0.1, -0.05) is 109 Å². The third-order valence-corrected chi connectivity index (χ3v) is 9.53. The predicted octanol–water partition coefficient (Wildman–Crippen LogP) is 12.0. The minimum Gasteiger partial charge on any atom is -0.454 e. The van der Waals surface area contributed by atoms with Gasteiger partial charge in [-0.2, -0.15) is 0 Å². The number of hydrogen-bond donors (Lipinski definition) is 0. The molecule has 47 heavy (non-hydrogen) atoms. The van der Waals surface area contributed by atoms with E-state index in [0.717, 1.165) is 49.9 Å². The van der Waals surface area contributed by atoms with Crippen LogP contribution in [0.2, 0.25) is 0 Å². The first kappa shape index (κ1) is 26.0. The monoisotopic (exact) mass is 600 g/mol. The second-order valence-electron chi connectivity index (χ2n) is 12.1. The molecule has 3 nitrogen and oxygen atoms in total. The van der Waals surface area contributed by atoms with E-state index in [1.807, 2.05) is 0 Å². The zero-order chi connectivity index (χ0) is 30.9. The van der Waals surface area contributed by atoms with E-state index >= 15 is 0 Å². The van der Waals surface area contributed by atoms with E-state index in [1.54, 1.807) is 0 Å². The van der Waals surface area contributed by atoms with Crippen LogP contribution >= 0.6 is 0 Å². The molecular weight excluding hydrogens is 572 g/mol. The van der Waals surface area contributed by atoms with Crippen molar-refractivity contribution in [2.24, 2.45) is 0 Å². The van der Waals surface area contributed by atoms with Crippen molar-refractivity contribution in [3.63, 3.8) is 0 Å². The molecule has 0 aliphatic carbocycles. The third-order valence-electron chi connectivity index (χ3n) is 9.53. The number of furan rings is 1. The highest BCUT2D eigenvalue weighted by molar-refractivity contribution is 6.18. The molecule has 0 N–H and O–H groups in total. The zero-order valence-electron chi connectivity index (χ0n) is 25.5. The van der Waals surface area contributed by atoms with Crippen LogP contribution in [0.15, 0.2) is 174 Å². The van der Waals surface area contributed by atoms with Gasteiger partial charge in [-0.25, -0.2) is 0 Å². The van der Waals surface area contributed by atoms with Crippen molar-refractivity contribution in [1.29, 1.82) is 0 Å². The first-order chi connectivity index (χ1) is 23.3. The Morgan fingerprint density at radius 2 is 0.957 bits per heavy atom. The van der Waals surface area contributed by atoms with Gasteiger partial charge < -0.3 is 13.6 Å². The summed E-state index contributed by atoms with van der Waals surface area (Å²) in [7, 11) is 0. The van der Waals surface area contributed by atoms with Crippen LogP contribution in [0, 0.1) is 0 Å². The van der Waals surface area contributed by atoms with Crippen molar-refractivity contribution < 1.29 is 4.42 Å². The molecule has 3 aromatic heterocycles. The lowest BCUT2D eigenvalue weighted by molar-refractivity contribution is 0.673. The van der Waals surface area contributed by atoms with Gasteiger partial charge in [0.15, 0.2) is 5.58 Å². The highest BCUT2D eigenvalue weighted by Crippen LogP contribution is 2.44. The molecule has 0 fully saturated rings. The number of benzene rings is 7.